The summed E-state index contributed by atoms with van der Waals surface area (Å²) in [6, 6.07) is 1.35. The summed E-state index contributed by atoms with van der Waals surface area (Å²) in [5.41, 5.74) is 1.12. The number of nitro groups is 1. The smallest absolute Gasteiger partial charge is 0.296 e. The Kier molecular flexibility index (Phi) is 2.01. The van der Waals surface area contributed by atoms with Gasteiger partial charge in [-0.15, -0.1) is 0 Å². The number of carbonyl (C=O) groups excluding carboxylic acids is 2. The minimum Gasteiger partial charge on any atom is -0.318 e. The third kappa shape index (κ3) is 1.19. The molecule has 1 aliphatic heterocycles. The molecule has 0 fully saturated rings. The van der Waals surface area contributed by atoms with Gasteiger partial charge < -0.3 is 5.32 Å². The summed E-state index contributed by atoms with van der Waals surface area (Å²) in [6.07, 6.45) is 0. The van der Waals surface area contributed by atoms with Gasteiger partial charge in [-0.2, -0.15) is 0 Å². The van der Waals surface area contributed by atoms with Crippen molar-refractivity contribution < 1.29 is 14.5 Å². The summed E-state index contributed by atoms with van der Waals surface area (Å²) in [5.74, 6) is -1.44. The number of Topliss-reactive ketones (excluding diaryl/α,β-unsaturated/α-hetero) is 1. The molecule has 1 aromatic carbocycles. The first-order chi connectivity index (χ1) is 7.43. The van der Waals surface area contributed by atoms with E-state index in [0.717, 1.165) is 0 Å². The summed E-state index contributed by atoms with van der Waals surface area (Å²) >= 11 is 0. The SMILES string of the molecule is Cc1cc([N+](=O)[O-])c(C)c2c1NC(=O)C2=O. The first-order valence-corrected chi connectivity index (χ1v) is 4.57. The number of ketones is 1. The van der Waals surface area contributed by atoms with E-state index in [2.05, 4.69) is 5.32 Å². The van der Waals surface area contributed by atoms with E-state index in [4.69, 9.17) is 0 Å². The Morgan fingerprint density at radius 1 is 1.31 bits per heavy atom. The molecule has 0 aromatic heterocycles. The van der Waals surface area contributed by atoms with Crippen molar-refractivity contribution in [1.82, 2.24) is 0 Å². The Balaban J connectivity index is 2.79. The molecule has 0 spiro atoms. The molecule has 1 aromatic rings. The average Bonchev–Trinajstić information content (AvgIpc) is 2.50. The zero-order valence-corrected chi connectivity index (χ0v) is 8.66. The number of hydrogen-bond acceptors (Lipinski definition) is 4. The van der Waals surface area contributed by atoms with Gasteiger partial charge in [0.2, 0.25) is 0 Å². The van der Waals surface area contributed by atoms with Crippen LogP contribution in [0.25, 0.3) is 0 Å². The van der Waals surface area contributed by atoms with E-state index >= 15 is 0 Å². The van der Waals surface area contributed by atoms with Crippen molar-refractivity contribution in [3.8, 4) is 0 Å². The lowest BCUT2D eigenvalue weighted by atomic mass is 10.00. The molecule has 0 radical (unpaired) electrons. The molecule has 1 heterocycles. The average molecular weight is 220 g/mol. The van der Waals surface area contributed by atoms with Crippen molar-refractivity contribution in [2.45, 2.75) is 13.8 Å². The van der Waals surface area contributed by atoms with Gasteiger partial charge >= 0.3 is 0 Å². The van der Waals surface area contributed by atoms with E-state index in [1.54, 1.807) is 6.92 Å². The van der Waals surface area contributed by atoms with Gasteiger partial charge in [0.25, 0.3) is 17.4 Å². The van der Waals surface area contributed by atoms with Gasteiger partial charge in [0.05, 0.1) is 16.2 Å². The highest BCUT2D eigenvalue weighted by molar-refractivity contribution is 6.52. The largest absolute Gasteiger partial charge is 0.318 e. The van der Waals surface area contributed by atoms with Gasteiger partial charge in [-0.1, -0.05) is 0 Å². The molecule has 0 saturated heterocycles. The Morgan fingerprint density at radius 2 is 1.94 bits per heavy atom. The van der Waals surface area contributed by atoms with Crippen LogP contribution in [0.2, 0.25) is 0 Å². The van der Waals surface area contributed by atoms with Gasteiger partial charge in [-0.05, 0) is 19.4 Å². The third-order valence-corrected chi connectivity index (χ3v) is 2.63. The number of carbonyl (C=O) groups is 2. The summed E-state index contributed by atoms with van der Waals surface area (Å²) in [4.78, 5) is 32.9. The Hall–Kier alpha value is -2.24. The second-order valence-corrected chi connectivity index (χ2v) is 3.63. The molecular weight excluding hydrogens is 212 g/mol. The molecule has 1 N–H and O–H groups in total. The van der Waals surface area contributed by atoms with Crippen LogP contribution >= 0.6 is 0 Å². The van der Waals surface area contributed by atoms with Gasteiger partial charge in [0.15, 0.2) is 0 Å². The predicted octanol–water partition coefficient (Wildman–Crippen LogP) is 1.35. The van der Waals surface area contributed by atoms with Crippen LogP contribution in [0, 0.1) is 24.0 Å². The van der Waals surface area contributed by atoms with Crippen LogP contribution in [0.1, 0.15) is 21.5 Å². The van der Waals surface area contributed by atoms with E-state index in [9.17, 15) is 19.7 Å². The van der Waals surface area contributed by atoms with Crippen molar-refractivity contribution in [2.24, 2.45) is 0 Å². The molecule has 0 atom stereocenters. The Labute approximate surface area is 90.4 Å². The highest BCUT2D eigenvalue weighted by atomic mass is 16.6. The summed E-state index contributed by atoms with van der Waals surface area (Å²) in [5, 5.41) is 13.2. The minimum atomic E-state index is -0.735. The standard InChI is InChI=1S/C10H8N2O4/c1-4-3-6(12(15)16)5(2)7-8(4)11-10(14)9(7)13/h3H,1-2H3,(H,11,13,14). The van der Waals surface area contributed by atoms with E-state index in [-0.39, 0.29) is 16.8 Å². The molecule has 6 heteroatoms. The molecule has 0 aliphatic carbocycles. The number of aryl methyl sites for hydroxylation is 1. The normalized spacial score (nSPS) is 13.6. The number of hydrogen-bond donors (Lipinski definition) is 1. The molecule has 82 valence electrons. The third-order valence-electron chi connectivity index (χ3n) is 2.63. The van der Waals surface area contributed by atoms with Crippen LogP contribution in [-0.2, 0) is 4.79 Å². The van der Waals surface area contributed by atoms with Crippen LogP contribution < -0.4 is 5.32 Å². The number of nitrogens with zero attached hydrogens (tertiary/aromatic N) is 1. The monoisotopic (exact) mass is 220 g/mol. The fraction of sp³-hybridized carbons (Fsp3) is 0.200. The fourth-order valence-electron chi connectivity index (χ4n) is 1.82. The van der Waals surface area contributed by atoms with Crippen LogP contribution in [0.5, 0.6) is 0 Å². The molecule has 2 rings (SSSR count). The number of rotatable bonds is 1. The molecular formula is C10H8N2O4. The maximum atomic E-state index is 11.5. The number of fused-ring (bicyclic) bond motifs is 1. The highest BCUT2D eigenvalue weighted by Crippen LogP contribution is 2.35. The number of benzene rings is 1. The van der Waals surface area contributed by atoms with Crippen molar-refractivity contribution in [2.75, 3.05) is 5.32 Å². The molecule has 1 aliphatic rings. The number of nitro benzene ring substituents is 1. The first kappa shape index (κ1) is 10.3. The second-order valence-electron chi connectivity index (χ2n) is 3.63. The van der Waals surface area contributed by atoms with E-state index in [1.807, 2.05) is 0 Å². The van der Waals surface area contributed by atoms with Crippen LogP contribution in [0.4, 0.5) is 11.4 Å². The number of nitrogens with one attached hydrogen (secondary N) is 1. The minimum absolute atomic E-state index is 0.122. The van der Waals surface area contributed by atoms with Gasteiger partial charge in [0.1, 0.15) is 0 Å². The van der Waals surface area contributed by atoms with Gasteiger partial charge in [0, 0.05) is 11.6 Å². The van der Waals surface area contributed by atoms with E-state index in [1.165, 1.54) is 13.0 Å². The van der Waals surface area contributed by atoms with Crippen LogP contribution in [0.15, 0.2) is 6.07 Å². The van der Waals surface area contributed by atoms with Crippen molar-refractivity contribution in [3.63, 3.8) is 0 Å². The summed E-state index contributed by atoms with van der Waals surface area (Å²) in [7, 11) is 0. The molecule has 0 saturated carbocycles. The van der Waals surface area contributed by atoms with Crippen molar-refractivity contribution >= 4 is 23.1 Å². The molecule has 0 bridgehead atoms. The zero-order chi connectivity index (χ0) is 12.0. The zero-order valence-electron chi connectivity index (χ0n) is 8.66. The molecule has 0 unspecified atom stereocenters. The molecule has 1 amide bonds. The van der Waals surface area contributed by atoms with Gasteiger partial charge in [-0.25, -0.2) is 0 Å². The maximum Gasteiger partial charge on any atom is 0.296 e. The number of anilines is 1. The Morgan fingerprint density at radius 3 is 2.50 bits per heavy atom. The number of amides is 1. The van der Waals surface area contributed by atoms with E-state index < -0.39 is 16.6 Å². The quantitative estimate of drug-likeness (QED) is 0.439. The first-order valence-electron chi connectivity index (χ1n) is 4.57. The lowest BCUT2D eigenvalue weighted by Crippen LogP contribution is -2.13. The van der Waals surface area contributed by atoms with Gasteiger partial charge in [-0.3, -0.25) is 19.7 Å². The highest BCUT2D eigenvalue weighted by Gasteiger charge is 2.34. The van der Waals surface area contributed by atoms with Crippen LogP contribution in [-0.4, -0.2) is 16.6 Å². The maximum absolute atomic E-state index is 11.5. The lowest BCUT2D eigenvalue weighted by Gasteiger charge is -2.05. The summed E-state index contributed by atoms with van der Waals surface area (Å²) < 4.78 is 0. The molecule has 16 heavy (non-hydrogen) atoms. The van der Waals surface area contributed by atoms with Crippen LogP contribution in [0.3, 0.4) is 0 Å². The molecule has 6 nitrogen and oxygen atoms in total. The van der Waals surface area contributed by atoms with Crippen molar-refractivity contribution in [3.05, 3.63) is 32.9 Å². The fourth-order valence-corrected chi connectivity index (χ4v) is 1.82. The second kappa shape index (κ2) is 3.13. The predicted molar refractivity (Wildman–Crippen MR) is 55.5 cm³/mol. The topological polar surface area (TPSA) is 89.3 Å². The lowest BCUT2D eigenvalue weighted by molar-refractivity contribution is -0.385. The Bertz CT molecular complexity index is 548. The summed E-state index contributed by atoms with van der Waals surface area (Å²) in [6.45, 7) is 3.08. The van der Waals surface area contributed by atoms with E-state index in [0.29, 0.717) is 11.3 Å². The van der Waals surface area contributed by atoms with Crippen molar-refractivity contribution in [1.29, 1.82) is 0 Å².